The molecule has 0 spiro atoms. The van der Waals surface area contributed by atoms with Crippen molar-refractivity contribution in [1.82, 2.24) is 0 Å². The lowest BCUT2D eigenvalue weighted by molar-refractivity contribution is 0.475. The third-order valence-corrected chi connectivity index (χ3v) is 2.50. The summed E-state index contributed by atoms with van der Waals surface area (Å²) in [5.41, 5.74) is 2.19. The average Bonchev–Trinajstić information content (AvgIpc) is 2.38. The highest BCUT2D eigenvalue weighted by Crippen LogP contribution is 2.16. The number of rotatable bonds is 4. The molecule has 2 aromatic carbocycles. The van der Waals surface area contributed by atoms with E-state index in [-0.39, 0.29) is 5.75 Å². The number of hydrogen-bond donors (Lipinski definition) is 1. The highest BCUT2D eigenvalue weighted by Gasteiger charge is 1.90. The van der Waals surface area contributed by atoms with Crippen LogP contribution in [0.25, 0.3) is 0 Å². The predicted molar refractivity (Wildman–Crippen MR) is 71.0 cm³/mol. The first kappa shape index (κ1) is 11.4. The number of aryl methyl sites for hydroxylation is 1. The minimum Gasteiger partial charge on any atom is -0.508 e. The smallest absolute Gasteiger partial charge is 0.115 e. The molecule has 2 rings (SSSR count). The molecule has 0 saturated carbocycles. The molecule has 0 aliphatic heterocycles. The molecule has 17 heavy (non-hydrogen) atoms. The van der Waals surface area contributed by atoms with E-state index in [1.165, 1.54) is 5.56 Å². The number of nitrogens with zero attached hydrogens (tertiary/aromatic N) is 1. The highest BCUT2D eigenvalue weighted by molar-refractivity contribution is 5.63. The second-order valence-electron chi connectivity index (χ2n) is 3.85. The predicted octanol–water partition coefficient (Wildman–Crippen LogP) is 3.73. The van der Waals surface area contributed by atoms with Crippen LogP contribution in [0.15, 0.2) is 59.6 Å². The summed E-state index contributed by atoms with van der Waals surface area (Å²) < 4.78 is 0. The Balaban J connectivity index is 1.84. The van der Waals surface area contributed by atoms with E-state index in [2.05, 4.69) is 17.1 Å². The highest BCUT2D eigenvalue weighted by atomic mass is 16.3. The molecule has 1 N–H and O–H groups in total. The zero-order valence-electron chi connectivity index (χ0n) is 9.58. The van der Waals surface area contributed by atoms with Crippen LogP contribution in [0.2, 0.25) is 0 Å². The molecular weight excluding hydrogens is 210 g/mol. The molecular formula is C15H15NO. The lowest BCUT2D eigenvalue weighted by atomic mass is 10.1. The number of aromatic hydroxyl groups is 1. The summed E-state index contributed by atoms with van der Waals surface area (Å²) in [4.78, 5) is 4.33. The number of aliphatic imine (C=N–C) groups is 1. The molecule has 0 radical (unpaired) electrons. The van der Waals surface area contributed by atoms with Gasteiger partial charge in [0.25, 0.3) is 0 Å². The SMILES string of the molecule is Oc1ccc(N=CCCc2ccccc2)cc1. The van der Waals surface area contributed by atoms with Crippen LogP contribution >= 0.6 is 0 Å². The molecule has 2 nitrogen and oxygen atoms in total. The number of phenols is 1. The third-order valence-electron chi connectivity index (χ3n) is 2.50. The van der Waals surface area contributed by atoms with Crippen LogP contribution in [0, 0.1) is 0 Å². The molecule has 0 aliphatic carbocycles. The molecule has 0 amide bonds. The van der Waals surface area contributed by atoms with E-state index in [9.17, 15) is 0 Å². The van der Waals surface area contributed by atoms with Gasteiger partial charge in [-0.15, -0.1) is 0 Å². The largest absolute Gasteiger partial charge is 0.508 e. The molecule has 0 heterocycles. The standard InChI is InChI=1S/C15H15NO/c17-15-10-8-14(9-11-15)16-12-4-7-13-5-2-1-3-6-13/h1-3,5-6,8-12,17H,4,7H2. The lowest BCUT2D eigenvalue weighted by Gasteiger charge is -1.97. The Morgan fingerprint density at radius 2 is 1.65 bits per heavy atom. The van der Waals surface area contributed by atoms with Crippen LogP contribution in [-0.2, 0) is 6.42 Å². The zero-order chi connectivity index (χ0) is 11.9. The molecule has 0 fully saturated rings. The van der Waals surface area contributed by atoms with Gasteiger partial charge < -0.3 is 5.11 Å². The normalized spacial score (nSPS) is 10.8. The average molecular weight is 225 g/mol. The molecule has 86 valence electrons. The van der Waals surface area contributed by atoms with Crippen LogP contribution in [0.4, 0.5) is 5.69 Å². The fourth-order valence-corrected chi connectivity index (χ4v) is 1.58. The number of hydrogen-bond acceptors (Lipinski definition) is 2. The molecule has 0 aromatic heterocycles. The minimum atomic E-state index is 0.272. The first-order valence-corrected chi connectivity index (χ1v) is 5.70. The topological polar surface area (TPSA) is 32.6 Å². The van der Waals surface area contributed by atoms with Crippen molar-refractivity contribution in [1.29, 1.82) is 0 Å². The van der Waals surface area contributed by atoms with Crippen molar-refractivity contribution in [3.8, 4) is 5.75 Å². The Morgan fingerprint density at radius 3 is 2.35 bits per heavy atom. The fraction of sp³-hybridized carbons (Fsp3) is 0.133. The Morgan fingerprint density at radius 1 is 0.941 bits per heavy atom. The molecule has 2 heteroatoms. The minimum absolute atomic E-state index is 0.272. The van der Waals surface area contributed by atoms with Crippen LogP contribution in [0.5, 0.6) is 5.75 Å². The van der Waals surface area contributed by atoms with Crippen LogP contribution in [0.1, 0.15) is 12.0 Å². The summed E-state index contributed by atoms with van der Waals surface area (Å²) in [5.74, 6) is 0.272. The molecule has 0 bridgehead atoms. The first-order chi connectivity index (χ1) is 8.34. The number of phenolic OH excluding ortho intramolecular Hbond substituents is 1. The van der Waals surface area contributed by atoms with Gasteiger partial charge in [0, 0.05) is 6.21 Å². The van der Waals surface area contributed by atoms with Gasteiger partial charge in [-0.3, -0.25) is 4.99 Å². The Hall–Kier alpha value is -2.09. The van der Waals surface area contributed by atoms with Crippen LogP contribution in [0.3, 0.4) is 0 Å². The molecule has 0 aliphatic rings. The van der Waals surface area contributed by atoms with Crippen molar-refractivity contribution < 1.29 is 5.11 Å². The van der Waals surface area contributed by atoms with Gasteiger partial charge in [-0.1, -0.05) is 30.3 Å². The van der Waals surface area contributed by atoms with Gasteiger partial charge in [0.05, 0.1) is 5.69 Å². The summed E-state index contributed by atoms with van der Waals surface area (Å²) in [6, 6.07) is 17.2. The van der Waals surface area contributed by atoms with Gasteiger partial charge in [-0.05, 0) is 42.7 Å². The van der Waals surface area contributed by atoms with Gasteiger partial charge in [0.1, 0.15) is 5.75 Å². The second-order valence-corrected chi connectivity index (χ2v) is 3.85. The molecule has 0 unspecified atom stereocenters. The molecule has 2 aromatic rings. The van der Waals surface area contributed by atoms with Crippen molar-refractivity contribution in [2.24, 2.45) is 4.99 Å². The van der Waals surface area contributed by atoms with Crippen molar-refractivity contribution in [3.63, 3.8) is 0 Å². The Labute approximate surface area is 101 Å². The summed E-state index contributed by atoms with van der Waals surface area (Å²) >= 11 is 0. The van der Waals surface area contributed by atoms with E-state index in [1.807, 2.05) is 24.4 Å². The summed E-state index contributed by atoms with van der Waals surface area (Å²) in [5, 5.41) is 9.13. The summed E-state index contributed by atoms with van der Waals surface area (Å²) in [6.07, 6.45) is 3.84. The van der Waals surface area contributed by atoms with Gasteiger partial charge in [-0.2, -0.15) is 0 Å². The van der Waals surface area contributed by atoms with E-state index < -0.39 is 0 Å². The van der Waals surface area contributed by atoms with E-state index >= 15 is 0 Å². The monoisotopic (exact) mass is 225 g/mol. The van der Waals surface area contributed by atoms with Crippen LogP contribution < -0.4 is 0 Å². The maximum absolute atomic E-state index is 9.13. The molecule has 0 saturated heterocycles. The summed E-state index contributed by atoms with van der Waals surface area (Å²) in [6.45, 7) is 0. The fourth-order valence-electron chi connectivity index (χ4n) is 1.58. The van der Waals surface area contributed by atoms with Gasteiger partial charge in [0.15, 0.2) is 0 Å². The number of benzene rings is 2. The van der Waals surface area contributed by atoms with Crippen molar-refractivity contribution in [3.05, 3.63) is 60.2 Å². The Kier molecular flexibility index (Phi) is 3.92. The van der Waals surface area contributed by atoms with E-state index in [0.29, 0.717) is 0 Å². The summed E-state index contributed by atoms with van der Waals surface area (Å²) in [7, 11) is 0. The lowest BCUT2D eigenvalue weighted by Crippen LogP contribution is -1.84. The van der Waals surface area contributed by atoms with Crippen LogP contribution in [-0.4, -0.2) is 11.3 Å². The van der Waals surface area contributed by atoms with E-state index in [1.54, 1.807) is 24.3 Å². The van der Waals surface area contributed by atoms with Crippen molar-refractivity contribution in [2.75, 3.05) is 0 Å². The van der Waals surface area contributed by atoms with Gasteiger partial charge in [-0.25, -0.2) is 0 Å². The zero-order valence-corrected chi connectivity index (χ0v) is 9.58. The van der Waals surface area contributed by atoms with Crippen molar-refractivity contribution >= 4 is 11.9 Å². The Bertz CT molecular complexity index is 474. The quantitative estimate of drug-likeness (QED) is 0.790. The second kappa shape index (κ2) is 5.85. The van der Waals surface area contributed by atoms with Crippen molar-refractivity contribution in [2.45, 2.75) is 12.8 Å². The third kappa shape index (κ3) is 3.76. The van der Waals surface area contributed by atoms with E-state index in [4.69, 9.17) is 5.11 Å². The maximum atomic E-state index is 9.13. The maximum Gasteiger partial charge on any atom is 0.115 e. The van der Waals surface area contributed by atoms with Gasteiger partial charge in [0.2, 0.25) is 0 Å². The van der Waals surface area contributed by atoms with Gasteiger partial charge >= 0.3 is 0 Å². The molecule has 0 atom stereocenters. The first-order valence-electron chi connectivity index (χ1n) is 5.70. The van der Waals surface area contributed by atoms with E-state index in [0.717, 1.165) is 18.5 Å².